The van der Waals surface area contributed by atoms with Gasteiger partial charge < -0.3 is 51.9 Å². The van der Waals surface area contributed by atoms with Crippen molar-refractivity contribution in [3.8, 4) is 11.5 Å². The SMILES string of the molecule is COc1c(C)cc(P(c2cc(C)c(OC)c(C)c2)[c-]2cc[c-]c2[C@H](C)P(c2ccccc2C)c2ccccc2C)cc1C.[Fe+2].[c-]1[c-][c-][cH-][c-]1. The second-order valence-corrected chi connectivity index (χ2v) is 16.8. The Morgan fingerprint density at radius 1 is 0.653 bits per heavy atom. The Labute approximate surface area is 307 Å². The van der Waals surface area contributed by atoms with E-state index in [1.165, 1.54) is 65.5 Å². The first-order valence-corrected chi connectivity index (χ1v) is 18.9. The Bertz CT molecular complexity index is 1790. The van der Waals surface area contributed by atoms with Crippen molar-refractivity contribution < 1.29 is 26.5 Å². The van der Waals surface area contributed by atoms with Crippen LogP contribution in [0.25, 0.3) is 0 Å². The van der Waals surface area contributed by atoms with E-state index in [9.17, 15) is 0 Å². The first-order valence-electron chi connectivity index (χ1n) is 16.2. The summed E-state index contributed by atoms with van der Waals surface area (Å²) < 4.78 is 11.6. The van der Waals surface area contributed by atoms with Gasteiger partial charge in [0.25, 0.3) is 0 Å². The van der Waals surface area contributed by atoms with Crippen LogP contribution in [0.15, 0.2) is 91.0 Å². The molecule has 0 saturated heterocycles. The van der Waals surface area contributed by atoms with Crippen LogP contribution >= 0.6 is 15.8 Å². The van der Waals surface area contributed by atoms with E-state index in [1.54, 1.807) is 20.3 Å². The fourth-order valence-corrected chi connectivity index (χ4v) is 12.6. The van der Waals surface area contributed by atoms with Gasteiger partial charge >= 0.3 is 17.1 Å². The number of methoxy groups -OCH3 is 2. The molecule has 5 heteroatoms. The third-order valence-corrected chi connectivity index (χ3v) is 14.2. The molecule has 0 saturated carbocycles. The molecule has 0 aliphatic rings. The van der Waals surface area contributed by atoms with Gasteiger partial charge in [-0.05, 0) is 134 Å². The quantitative estimate of drug-likeness (QED) is 0.0846. The first-order chi connectivity index (χ1) is 23.2. The van der Waals surface area contributed by atoms with E-state index in [0.717, 1.165) is 11.5 Å². The van der Waals surface area contributed by atoms with Crippen LogP contribution in [-0.4, -0.2) is 14.2 Å². The molecule has 49 heavy (non-hydrogen) atoms. The molecule has 0 N–H and O–H groups in total. The summed E-state index contributed by atoms with van der Waals surface area (Å²) in [5.41, 5.74) is 8.95. The Hall–Kier alpha value is -3.44. The monoisotopic (exact) mass is 721 g/mol. The second kappa shape index (κ2) is 17.5. The largest absolute Gasteiger partial charge is 2.00 e. The maximum absolute atomic E-state index is 5.78. The zero-order chi connectivity index (χ0) is 34.4. The van der Waals surface area contributed by atoms with Gasteiger partial charge in [-0.15, -0.1) is 7.92 Å². The van der Waals surface area contributed by atoms with Gasteiger partial charge in [0.05, 0.1) is 14.2 Å². The minimum absolute atomic E-state index is 0. The number of benzene rings is 4. The zero-order valence-corrected chi connectivity index (χ0v) is 32.7. The average molecular weight is 722 g/mol. The van der Waals surface area contributed by atoms with E-state index in [4.69, 9.17) is 9.47 Å². The third kappa shape index (κ3) is 8.48. The summed E-state index contributed by atoms with van der Waals surface area (Å²) in [7, 11) is 1.97. The summed E-state index contributed by atoms with van der Waals surface area (Å²) in [4.78, 5) is 0. The topological polar surface area (TPSA) is 18.5 Å². The maximum Gasteiger partial charge on any atom is 2.00 e. The number of rotatable bonds is 9. The van der Waals surface area contributed by atoms with Crippen molar-refractivity contribution in [3.05, 3.63) is 160 Å². The summed E-state index contributed by atoms with van der Waals surface area (Å²) >= 11 is 0. The number of aryl methyl sites for hydroxylation is 6. The van der Waals surface area contributed by atoms with Gasteiger partial charge in [-0.1, -0.05) is 55.5 Å². The van der Waals surface area contributed by atoms with Crippen molar-refractivity contribution in [2.75, 3.05) is 14.2 Å². The average Bonchev–Trinajstić information content (AvgIpc) is 3.79. The molecule has 0 amide bonds. The van der Waals surface area contributed by atoms with E-state index in [2.05, 4.69) is 164 Å². The summed E-state index contributed by atoms with van der Waals surface area (Å²) in [5.74, 6) is 1.93. The number of hydrogen-bond donors (Lipinski definition) is 0. The van der Waals surface area contributed by atoms with Crippen molar-refractivity contribution in [1.29, 1.82) is 0 Å². The van der Waals surface area contributed by atoms with Crippen LogP contribution < -0.4 is 36.0 Å². The second-order valence-electron chi connectivity index (χ2n) is 12.1. The van der Waals surface area contributed by atoms with Crippen molar-refractivity contribution in [1.82, 2.24) is 0 Å². The minimum Gasteiger partial charge on any atom is -0.999 e. The Morgan fingerprint density at radius 3 is 1.45 bits per heavy atom. The van der Waals surface area contributed by atoms with Crippen molar-refractivity contribution in [2.24, 2.45) is 0 Å². The summed E-state index contributed by atoms with van der Waals surface area (Å²) in [6.45, 7) is 15.6. The van der Waals surface area contributed by atoms with Crippen LogP contribution in [0.2, 0.25) is 0 Å². The Morgan fingerprint density at radius 2 is 1.08 bits per heavy atom. The van der Waals surface area contributed by atoms with Crippen molar-refractivity contribution >= 4 is 42.4 Å². The molecule has 0 aromatic heterocycles. The summed E-state index contributed by atoms with van der Waals surface area (Å²) in [6.07, 6.45) is 0. The van der Waals surface area contributed by atoms with Crippen LogP contribution in [0.5, 0.6) is 11.5 Å². The van der Waals surface area contributed by atoms with Gasteiger partial charge in [-0.25, -0.2) is 5.30 Å². The van der Waals surface area contributed by atoms with Crippen LogP contribution in [0.3, 0.4) is 0 Å². The van der Waals surface area contributed by atoms with E-state index >= 15 is 0 Å². The van der Waals surface area contributed by atoms with Gasteiger partial charge in [0, 0.05) is 0 Å². The Kier molecular flexibility index (Phi) is 13.7. The fraction of sp³-hybridized carbons (Fsp3) is 0.227. The molecule has 1 atom stereocenters. The standard InChI is InChI=1S/C39H42O2P2.C5H.Fe/c1-25-15-10-12-18-35(25)42(36-19-13-11-16-26(36)2)31(7)34-17-14-20-37(34)43(32-21-27(3)38(40-8)28(4)22-32)33-23-29(5)39(41-9)30(6)24-33;1-2-4-5-3-1;/h10-16,18-24,31H,1-9H3;1H;/q-2;-5;+2/t31-;;/m0../s1. The molecule has 0 radical (unpaired) electrons. The normalized spacial score (nSPS) is 11.5. The molecule has 0 heterocycles. The van der Waals surface area contributed by atoms with Crippen molar-refractivity contribution in [3.63, 3.8) is 0 Å². The molecule has 6 rings (SSSR count). The molecular formula is C44H43FeO2P2-5. The minimum atomic E-state index is -0.872. The van der Waals surface area contributed by atoms with Gasteiger partial charge in [0.2, 0.25) is 0 Å². The summed E-state index contributed by atoms with van der Waals surface area (Å²) in [6, 6.07) is 47.4. The predicted octanol–water partition coefficient (Wildman–Crippen LogP) is 8.63. The van der Waals surface area contributed by atoms with E-state index in [-0.39, 0.29) is 22.7 Å². The number of hydrogen-bond acceptors (Lipinski definition) is 2. The van der Waals surface area contributed by atoms with E-state index in [1.807, 2.05) is 0 Å². The fourth-order valence-electron chi connectivity index (χ4n) is 6.61. The van der Waals surface area contributed by atoms with Crippen LogP contribution in [0.1, 0.15) is 51.5 Å². The Balaban J connectivity index is 0.000000826. The third-order valence-electron chi connectivity index (χ3n) is 8.72. The zero-order valence-electron chi connectivity index (χ0n) is 29.8. The number of ether oxygens (including phenoxy) is 2. The molecular weight excluding hydrogens is 678 g/mol. The molecule has 0 unspecified atom stereocenters. The smallest absolute Gasteiger partial charge is 0.999 e. The van der Waals surface area contributed by atoms with Crippen LogP contribution in [0.4, 0.5) is 0 Å². The van der Waals surface area contributed by atoms with Gasteiger partial charge in [0.15, 0.2) is 0 Å². The molecule has 6 aromatic carbocycles. The van der Waals surface area contributed by atoms with Crippen LogP contribution in [-0.2, 0) is 17.1 Å². The molecule has 2 nitrogen and oxygen atoms in total. The summed E-state index contributed by atoms with van der Waals surface area (Å²) in [5, 5.41) is 6.93. The predicted molar refractivity (Wildman–Crippen MR) is 206 cm³/mol. The molecule has 6 aromatic rings. The maximum atomic E-state index is 5.78. The van der Waals surface area contributed by atoms with Gasteiger partial charge in [-0.2, -0.15) is 0 Å². The van der Waals surface area contributed by atoms with Crippen LogP contribution in [0, 0.1) is 71.9 Å². The molecule has 0 fully saturated rings. The van der Waals surface area contributed by atoms with E-state index < -0.39 is 15.8 Å². The molecule has 254 valence electrons. The molecule has 0 bridgehead atoms. The molecule has 0 spiro atoms. The van der Waals surface area contributed by atoms with Crippen molar-refractivity contribution in [2.45, 2.75) is 54.1 Å². The van der Waals surface area contributed by atoms with Gasteiger partial charge in [0.1, 0.15) is 11.5 Å². The first kappa shape index (κ1) is 38.4. The molecule has 0 aliphatic heterocycles. The molecule has 0 aliphatic carbocycles. The van der Waals surface area contributed by atoms with E-state index in [0.29, 0.717) is 0 Å². The van der Waals surface area contributed by atoms with Gasteiger partial charge in [-0.3, -0.25) is 11.6 Å².